The van der Waals surface area contributed by atoms with Crippen molar-refractivity contribution in [2.24, 2.45) is 5.41 Å². The monoisotopic (exact) mass is 324 g/mol. The van der Waals surface area contributed by atoms with E-state index in [0.717, 1.165) is 30.0 Å². The highest BCUT2D eigenvalue weighted by molar-refractivity contribution is 5.47. The lowest BCUT2D eigenvalue weighted by molar-refractivity contribution is 0.0445. The van der Waals surface area contributed by atoms with Gasteiger partial charge < -0.3 is 9.64 Å². The van der Waals surface area contributed by atoms with Crippen LogP contribution in [-0.2, 0) is 4.74 Å². The summed E-state index contributed by atoms with van der Waals surface area (Å²) in [5.74, 6) is 6.76. The first-order valence-electron chi connectivity index (χ1n) is 7.99. The van der Waals surface area contributed by atoms with Crippen LogP contribution in [0.1, 0.15) is 25.0 Å². The van der Waals surface area contributed by atoms with Crippen molar-refractivity contribution in [1.29, 1.82) is 0 Å². The molecule has 0 amide bonds. The van der Waals surface area contributed by atoms with Crippen LogP contribution in [0.25, 0.3) is 0 Å². The van der Waals surface area contributed by atoms with Crippen LogP contribution in [0.5, 0.6) is 0 Å². The van der Waals surface area contributed by atoms with Crippen LogP contribution in [0.3, 0.4) is 0 Å². The summed E-state index contributed by atoms with van der Waals surface area (Å²) in [6.07, 6.45) is 1.98. The highest BCUT2D eigenvalue weighted by atomic mass is 19.1. The molecular formula is C20H21FN2O. The number of ether oxygens (including phenoxy) is 1. The molecule has 0 spiro atoms. The minimum absolute atomic E-state index is 0.109. The van der Waals surface area contributed by atoms with Crippen molar-refractivity contribution in [2.45, 2.75) is 20.0 Å². The summed E-state index contributed by atoms with van der Waals surface area (Å²) in [6.45, 7) is 6.18. The van der Waals surface area contributed by atoms with E-state index in [9.17, 15) is 4.39 Å². The minimum Gasteiger partial charge on any atom is -0.379 e. The molecule has 0 saturated carbocycles. The molecule has 1 aromatic carbocycles. The summed E-state index contributed by atoms with van der Waals surface area (Å²) in [5.41, 5.74) is 1.73. The van der Waals surface area contributed by atoms with Crippen LogP contribution in [0.4, 0.5) is 10.2 Å². The van der Waals surface area contributed by atoms with E-state index in [1.807, 2.05) is 12.1 Å². The van der Waals surface area contributed by atoms with Gasteiger partial charge in [0, 0.05) is 42.9 Å². The van der Waals surface area contributed by atoms with Crippen molar-refractivity contribution in [1.82, 2.24) is 4.98 Å². The van der Waals surface area contributed by atoms with Crippen molar-refractivity contribution >= 4 is 5.82 Å². The van der Waals surface area contributed by atoms with Crippen molar-refractivity contribution in [3.8, 4) is 11.8 Å². The summed E-state index contributed by atoms with van der Waals surface area (Å²) in [6, 6.07) is 10.1. The van der Waals surface area contributed by atoms with Gasteiger partial charge in [0.2, 0.25) is 0 Å². The number of rotatable bonds is 2. The average Bonchev–Trinajstić information content (AvgIpc) is 2.89. The summed E-state index contributed by atoms with van der Waals surface area (Å²) in [5, 5.41) is 0. The van der Waals surface area contributed by atoms with E-state index in [1.54, 1.807) is 25.4 Å². The van der Waals surface area contributed by atoms with Crippen LogP contribution in [0.15, 0.2) is 42.6 Å². The summed E-state index contributed by atoms with van der Waals surface area (Å²) < 4.78 is 18.5. The molecule has 4 heteroatoms. The number of halogens is 1. The SMILES string of the molecule is COC1CN(c2ccc(C#Cc3ccc(F)cc3)cn2)CC1(C)C. The molecule has 1 saturated heterocycles. The minimum atomic E-state index is -0.255. The zero-order chi connectivity index (χ0) is 17.2. The number of anilines is 1. The molecule has 0 N–H and O–H groups in total. The number of hydrogen-bond donors (Lipinski definition) is 0. The van der Waals surface area contributed by atoms with E-state index >= 15 is 0 Å². The van der Waals surface area contributed by atoms with Gasteiger partial charge in [0.15, 0.2) is 0 Å². The smallest absolute Gasteiger partial charge is 0.128 e. The maximum absolute atomic E-state index is 12.9. The highest BCUT2D eigenvalue weighted by Gasteiger charge is 2.39. The molecule has 1 aliphatic heterocycles. The Balaban J connectivity index is 1.72. The molecule has 1 unspecified atom stereocenters. The van der Waals surface area contributed by atoms with Crippen molar-refractivity contribution in [3.05, 3.63) is 59.5 Å². The molecule has 1 aliphatic rings. The van der Waals surface area contributed by atoms with E-state index in [-0.39, 0.29) is 17.3 Å². The molecule has 3 nitrogen and oxygen atoms in total. The molecule has 124 valence electrons. The van der Waals surface area contributed by atoms with E-state index in [4.69, 9.17) is 4.74 Å². The van der Waals surface area contributed by atoms with Crippen LogP contribution in [0.2, 0.25) is 0 Å². The number of nitrogens with zero attached hydrogens (tertiary/aromatic N) is 2. The number of hydrogen-bond acceptors (Lipinski definition) is 3. The van der Waals surface area contributed by atoms with Crippen LogP contribution < -0.4 is 4.90 Å². The van der Waals surface area contributed by atoms with Gasteiger partial charge in [-0.05, 0) is 36.4 Å². The van der Waals surface area contributed by atoms with Crippen LogP contribution in [-0.4, -0.2) is 31.3 Å². The molecular weight excluding hydrogens is 303 g/mol. The molecule has 0 radical (unpaired) electrons. The molecule has 2 heterocycles. The number of aromatic nitrogens is 1. The lowest BCUT2D eigenvalue weighted by Crippen LogP contribution is -2.28. The molecule has 0 aliphatic carbocycles. The zero-order valence-electron chi connectivity index (χ0n) is 14.2. The third-order valence-corrected chi connectivity index (χ3v) is 4.41. The van der Waals surface area contributed by atoms with E-state index < -0.39 is 0 Å². The lowest BCUT2D eigenvalue weighted by Gasteiger charge is -2.23. The summed E-state index contributed by atoms with van der Waals surface area (Å²) in [7, 11) is 1.76. The van der Waals surface area contributed by atoms with Crippen molar-refractivity contribution in [2.75, 3.05) is 25.1 Å². The first kappa shape index (κ1) is 16.5. The Morgan fingerprint density at radius 1 is 1.12 bits per heavy atom. The number of methoxy groups -OCH3 is 1. The van der Waals surface area contributed by atoms with Gasteiger partial charge in [-0.25, -0.2) is 9.37 Å². The standard InChI is InChI=1S/C20H21FN2O/c1-20(2)14-23(13-18(20)24-3)19-11-8-16(12-22-19)5-4-15-6-9-17(21)10-7-15/h6-12,18H,13-14H2,1-3H3. The third-order valence-electron chi connectivity index (χ3n) is 4.41. The molecule has 2 aromatic rings. The number of pyridine rings is 1. The largest absolute Gasteiger partial charge is 0.379 e. The molecule has 1 atom stereocenters. The average molecular weight is 324 g/mol. The molecule has 1 aromatic heterocycles. The van der Waals surface area contributed by atoms with E-state index in [2.05, 4.69) is 35.6 Å². The van der Waals surface area contributed by atoms with Gasteiger partial charge in [-0.3, -0.25) is 0 Å². The topological polar surface area (TPSA) is 25.4 Å². The number of benzene rings is 1. The lowest BCUT2D eigenvalue weighted by atomic mass is 9.90. The van der Waals surface area contributed by atoms with Gasteiger partial charge in [-0.1, -0.05) is 25.7 Å². The Morgan fingerprint density at radius 2 is 1.79 bits per heavy atom. The summed E-state index contributed by atoms with van der Waals surface area (Å²) in [4.78, 5) is 6.77. The Morgan fingerprint density at radius 3 is 2.38 bits per heavy atom. The van der Waals surface area contributed by atoms with Crippen LogP contribution in [0, 0.1) is 23.1 Å². The fraction of sp³-hybridized carbons (Fsp3) is 0.350. The van der Waals surface area contributed by atoms with E-state index in [0.29, 0.717) is 0 Å². The predicted octanol–water partition coefficient (Wildman–Crippen LogP) is 3.48. The second-order valence-corrected chi connectivity index (χ2v) is 6.76. The Hall–Kier alpha value is -2.38. The molecule has 1 fully saturated rings. The maximum Gasteiger partial charge on any atom is 0.128 e. The molecule has 0 bridgehead atoms. The normalized spacial score (nSPS) is 19.0. The second-order valence-electron chi connectivity index (χ2n) is 6.76. The third kappa shape index (κ3) is 3.58. The highest BCUT2D eigenvalue weighted by Crippen LogP contribution is 2.33. The quantitative estimate of drug-likeness (QED) is 0.791. The Kier molecular flexibility index (Phi) is 4.55. The first-order chi connectivity index (χ1) is 11.5. The van der Waals surface area contributed by atoms with E-state index in [1.165, 1.54) is 12.1 Å². The van der Waals surface area contributed by atoms with Gasteiger partial charge in [0.1, 0.15) is 11.6 Å². The zero-order valence-corrected chi connectivity index (χ0v) is 14.2. The molecule has 24 heavy (non-hydrogen) atoms. The Bertz CT molecular complexity index is 757. The fourth-order valence-corrected chi connectivity index (χ4v) is 3.00. The maximum atomic E-state index is 12.9. The van der Waals surface area contributed by atoms with Gasteiger partial charge in [-0.15, -0.1) is 0 Å². The first-order valence-corrected chi connectivity index (χ1v) is 7.99. The second kappa shape index (κ2) is 6.62. The molecule has 3 rings (SSSR count). The van der Waals surface area contributed by atoms with Gasteiger partial charge in [0.05, 0.1) is 6.10 Å². The Labute approximate surface area is 142 Å². The van der Waals surface area contributed by atoms with Crippen LogP contribution >= 0.6 is 0 Å². The van der Waals surface area contributed by atoms with Crippen molar-refractivity contribution in [3.63, 3.8) is 0 Å². The van der Waals surface area contributed by atoms with Gasteiger partial charge in [0.25, 0.3) is 0 Å². The fourth-order valence-electron chi connectivity index (χ4n) is 3.00. The van der Waals surface area contributed by atoms with Gasteiger partial charge >= 0.3 is 0 Å². The predicted molar refractivity (Wildman–Crippen MR) is 93.4 cm³/mol. The summed E-state index contributed by atoms with van der Waals surface area (Å²) >= 11 is 0. The van der Waals surface area contributed by atoms with Gasteiger partial charge in [-0.2, -0.15) is 0 Å². The van der Waals surface area contributed by atoms with Crippen molar-refractivity contribution < 1.29 is 9.13 Å².